The lowest BCUT2D eigenvalue weighted by molar-refractivity contribution is -0.134. The van der Waals surface area contributed by atoms with Gasteiger partial charge in [0.2, 0.25) is 0 Å². The van der Waals surface area contributed by atoms with E-state index in [2.05, 4.69) is 6.08 Å². The molecule has 2 atom stereocenters. The molecule has 0 radical (unpaired) electrons. The molecule has 0 N–H and O–H groups in total. The second-order valence-electron chi connectivity index (χ2n) is 7.01. The minimum atomic E-state index is -0.248. The Kier molecular flexibility index (Phi) is 5.17. The van der Waals surface area contributed by atoms with E-state index >= 15 is 0 Å². The lowest BCUT2D eigenvalue weighted by Gasteiger charge is -2.35. The summed E-state index contributed by atoms with van der Waals surface area (Å²) in [6.07, 6.45) is 19.3. The number of fused-ring (bicyclic) bond motifs is 1. The molecule has 22 heavy (non-hydrogen) atoms. The van der Waals surface area contributed by atoms with Crippen LogP contribution in [0.25, 0.3) is 0 Å². The maximum Gasteiger partial charge on any atom is 0.330 e. The summed E-state index contributed by atoms with van der Waals surface area (Å²) in [5, 5.41) is 0. The molecule has 3 aliphatic carbocycles. The fourth-order valence-electron chi connectivity index (χ4n) is 4.46. The number of allylic oxidation sites excluding steroid dienone is 5. The van der Waals surface area contributed by atoms with Crippen molar-refractivity contribution in [3.63, 3.8) is 0 Å². The molecule has 0 heterocycles. The number of ether oxygens (including phenoxy) is 1. The molecule has 0 unspecified atom stereocenters. The van der Waals surface area contributed by atoms with Gasteiger partial charge in [-0.05, 0) is 79.9 Å². The van der Waals surface area contributed by atoms with E-state index in [-0.39, 0.29) is 5.97 Å². The summed E-state index contributed by atoms with van der Waals surface area (Å²) < 4.78 is 4.73. The molecule has 1 fully saturated rings. The predicted octanol–water partition coefficient (Wildman–Crippen LogP) is 5.11. The monoisotopic (exact) mass is 300 g/mol. The van der Waals surface area contributed by atoms with Gasteiger partial charge in [-0.3, -0.25) is 0 Å². The van der Waals surface area contributed by atoms with Gasteiger partial charge in [-0.25, -0.2) is 4.79 Å². The van der Waals surface area contributed by atoms with Crippen LogP contribution in [0.3, 0.4) is 0 Å². The van der Waals surface area contributed by atoms with Crippen molar-refractivity contribution >= 4 is 5.97 Å². The predicted molar refractivity (Wildman–Crippen MR) is 89.4 cm³/mol. The molecule has 0 aromatic heterocycles. The third kappa shape index (κ3) is 3.53. The average Bonchev–Trinajstić information content (AvgIpc) is 2.59. The van der Waals surface area contributed by atoms with Crippen LogP contribution in [0.2, 0.25) is 0 Å². The van der Waals surface area contributed by atoms with Crippen LogP contribution in [-0.2, 0) is 9.53 Å². The second-order valence-corrected chi connectivity index (χ2v) is 7.01. The van der Waals surface area contributed by atoms with E-state index in [1.165, 1.54) is 76.0 Å². The van der Waals surface area contributed by atoms with Crippen LogP contribution in [0.4, 0.5) is 0 Å². The van der Waals surface area contributed by atoms with Crippen molar-refractivity contribution in [2.75, 3.05) is 7.11 Å². The fraction of sp³-hybridized carbons (Fsp3) is 0.650. The van der Waals surface area contributed by atoms with Crippen LogP contribution in [-0.4, -0.2) is 13.1 Å². The summed E-state index contributed by atoms with van der Waals surface area (Å²) in [6, 6.07) is 0. The van der Waals surface area contributed by atoms with Gasteiger partial charge in [0.1, 0.15) is 0 Å². The molecule has 1 saturated carbocycles. The van der Waals surface area contributed by atoms with Crippen LogP contribution in [0.1, 0.15) is 64.2 Å². The van der Waals surface area contributed by atoms with Crippen LogP contribution in [0.5, 0.6) is 0 Å². The summed E-state index contributed by atoms with van der Waals surface area (Å²) in [5.41, 5.74) is 4.50. The van der Waals surface area contributed by atoms with Gasteiger partial charge in [-0.15, -0.1) is 0 Å². The Labute approximate surface area is 134 Å². The van der Waals surface area contributed by atoms with Gasteiger partial charge in [-0.2, -0.15) is 0 Å². The summed E-state index contributed by atoms with van der Waals surface area (Å²) in [7, 11) is 1.44. The van der Waals surface area contributed by atoms with Gasteiger partial charge in [0.15, 0.2) is 0 Å². The van der Waals surface area contributed by atoms with E-state index in [1.807, 2.05) is 6.08 Å². The summed E-state index contributed by atoms with van der Waals surface area (Å²) in [6.45, 7) is 0. The molecular weight excluding hydrogens is 272 g/mol. The fourth-order valence-corrected chi connectivity index (χ4v) is 4.46. The molecule has 0 aliphatic heterocycles. The molecule has 3 rings (SSSR count). The first-order valence-corrected chi connectivity index (χ1v) is 8.97. The van der Waals surface area contributed by atoms with Crippen molar-refractivity contribution < 1.29 is 9.53 Å². The lowest BCUT2D eigenvalue weighted by Crippen LogP contribution is -2.22. The Morgan fingerprint density at radius 1 is 1.09 bits per heavy atom. The lowest BCUT2D eigenvalue weighted by atomic mass is 9.70. The van der Waals surface area contributed by atoms with E-state index in [0.717, 1.165) is 18.3 Å². The van der Waals surface area contributed by atoms with Gasteiger partial charge in [0, 0.05) is 6.08 Å². The third-order valence-electron chi connectivity index (χ3n) is 5.69. The molecule has 2 nitrogen and oxygen atoms in total. The largest absolute Gasteiger partial charge is 0.466 e. The van der Waals surface area contributed by atoms with Crippen LogP contribution < -0.4 is 0 Å². The van der Waals surface area contributed by atoms with Gasteiger partial charge >= 0.3 is 5.97 Å². The molecule has 0 aromatic carbocycles. The Bertz CT molecular complexity index is 510. The third-order valence-corrected chi connectivity index (χ3v) is 5.69. The quantitative estimate of drug-likeness (QED) is 0.534. The van der Waals surface area contributed by atoms with Crippen molar-refractivity contribution in [3.05, 3.63) is 34.9 Å². The second kappa shape index (κ2) is 7.30. The molecule has 3 aliphatic rings. The first-order chi connectivity index (χ1) is 10.8. The zero-order valence-electron chi connectivity index (χ0n) is 13.8. The van der Waals surface area contributed by atoms with E-state index in [0.29, 0.717) is 0 Å². The Balaban J connectivity index is 1.83. The average molecular weight is 300 g/mol. The van der Waals surface area contributed by atoms with E-state index in [4.69, 9.17) is 4.74 Å². The molecule has 0 saturated heterocycles. The van der Waals surface area contributed by atoms with Gasteiger partial charge in [0.05, 0.1) is 7.11 Å². The molecule has 0 spiro atoms. The normalized spacial score (nSPS) is 29.2. The Morgan fingerprint density at radius 2 is 1.91 bits per heavy atom. The minimum Gasteiger partial charge on any atom is -0.466 e. The number of carbonyl (C=O) groups excluding carboxylic acids is 1. The summed E-state index contributed by atoms with van der Waals surface area (Å²) in [5.74, 6) is 1.51. The van der Waals surface area contributed by atoms with E-state index < -0.39 is 0 Å². The molecule has 2 heteroatoms. The van der Waals surface area contributed by atoms with Gasteiger partial charge < -0.3 is 4.74 Å². The number of hydrogen-bond acceptors (Lipinski definition) is 2. The van der Waals surface area contributed by atoms with Crippen LogP contribution in [0, 0.1) is 11.8 Å². The van der Waals surface area contributed by atoms with Crippen molar-refractivity contribution in [2.45, 2.75) is 64.2 Å². The molecule has 0 amide bonds. The van der Waals surface area contributed by atoms with Crippen molar-refractivity contribution in [1.82, 2.24) is 0 Å². The van der Waals surface area contributed by atoms with Gasteiger partial charge in [-0.1, -0.05) is 25.0 Å². The molecular formula is C20H28O2. The zero-order chi connectivity index (χ0) is 15.4. The topological polar surface area (TPSA) is 26.3 Å². The molecule has 0 bridgehead atoms. The highest BCUT2D eigenvalue weighted by molar-refractivity contribution is 5.82. The Morgan fingerprint density at radius 3 is 2.77 bits per heavy atom. The number of esters is 1. The molecule has 120 valence electrons. The smallest absolute Gasteiger partial charge is 0.330 e. The summed E-state index contributed by atoms with van der Waals surface area (Å²) >= 11 is 0. The van der Waals surface area contributed by atoms with Crippen LogP contribution in [0.15, 0.2) is 34.9 Å². The zero-order valence-corrected chi connectivity index (χ0v) is 13.8. The minimum absolute atomic E-state index is 0.248. The molecule has 0 aromatic rings. The van der Waals surface area contributed by atoms with Crippen molar-refractivity contribution in [3.8, 4) is 0 Å². The number of carbonyl (C=O) groups is 1. The number of rotatable bonds is 3. The highest BCUT2D eigenvalue weighted by Gasteiger charge is 2.28. The van der Waals surface area contributed by atoms with Gasteiger partial charge in [0.25, 0.3) is 0 Å². The number of hydrogen-bond donors (Lipinski definition) is 0. The van der Waals surface area contributed by atoms with Crippen LogP contribution >= 0.6 is 0 Å². The van der Waals surface area contributed by atoms with Crippen molar-refractivity contribution in [2.24, 2.45) is 11.8 Å². The SMILES string of the molecule is COC(=O)/C=C/C1=C(C2=C[C@@H]3CCCC[C@H]3CC2)CCCC1. The standard InChI is InChI=1S/C20H28O2/c1-22-20(21)13-12-16-7-4-5-9-19(16)18-11-10-15-6-2-3-8-17(15)14-18/h12-15,17H,2-11H2,1H3/b13-12+/t15-,17-/m0/s1. The maximum absolute atomic E-state index is 11.4. The maximum atomic E-state index is 11.4. The highest BCUT2D eigenvalue weighted by atomic mass is 16.5. The number of methoxy groups -OCH3 is 1. The van der Waals surface area contributed by atoms with E-state index in [1.54, 1.807) is 11.6 Å². The Hall–Kier alpha value is -1.31. The first-order valence-electron chi connectivity index (χ1n) is 8.97. The van der Waals surface area contributed by atoms with Crippen molar-refractivity contribution in [1.29, 1.82) is 0 Å². The first kappa shape index (κ1) is 15.6. The summed E-state index contributed by atoms with van der Waals surface area (Å²) in [4.78, 5) is 11.4. The highest BCUT2D eigenvalue weighted by Crippen LogP contribution is 2.43. The van der Waals surface area contributed by atoms with E-state index in [9.17, 15) is 4.79 Å².